The first kappa shape index (κ1) is 18.0. The molecule has 0 spiro atoms. The Balaban J connectivity index is 1.89. The molecule has 0 saturated heterocycles. The highest BCUT2D eigenvalue weighted by molar-refractivity contribution is 6.40. The molecule has 7 heteroatoms. The van der Waals surface area contributed by atoms with Crippen molar-refractivity contribution >= 4 is 29.1 Å². The van der Waals surface area contributed by atoms with Crippen molar-refractivity contribution < 1.29 is 19.1 Å². The lowest BCUT2D eigenvalue weighted by molar-refractivity contribution is -0.136. The van der Waals surface area contributed by atoms with Crippen LogP contribution in [-0.2, 0) is 16.0 Å². The fourth-order valence-corrected chi connectivity index (χ4v) is 2.28. The Morgan fingerprint density at radius 1 is 1.29 bits per heavy atom. The number of halogens is 1. The topological polar surface area (TPSA) is 91.6 Å². The summed E-state index contributed by atoms with van der Waals surface area (Å²) in [6.45, 7) is 3.25. The van der Waals surface area contributed by atoms with Crippen molar-refractivity contribution in [3.05, 3.63) is 52.9 Å². The molecule has 0 radical (unpaired) electrons. The number of aliphatic hydroxyl groups is 1. The van der Waals surface area contributed by atoms with Gasteiger partial charge in [-0.25, -0.2) is 0 Å². The lowest BCUT2D eigenvalue weighted by Gasteiger charge is -2.22. The van der Waals surface area contributed by atoms with Crippen molar-refractivity contribution in [2.24, 2.45) is 0 Å². The van der Waals surface area contributed by atoms with Crippen LogP contribution in [0.2, 0.25) is 5.02 Å². The SMILES string of the molecule is Cc1ccc(Cl)cc1NC(=O)C(=O)NCC(C)(O)Cc1ccco1. The summed E-state index contributed by atoms with van der Waals surface area (Å²) in [7, 11) is 0. The summed E-state index contributed by atoms with van der Waals surface area (Å²) < 4.78 is 5.16. The molecule has 0 bridgehead atoms. The monoisotopic (exact) mass is 350 g/mol. The number of hydrogen-bond acceptors (Lipinski definition) is 4. The predicted molar refractivity (Wildman–Crippen MR) is 90.9 cm³/mol. The zero-order chi connectivity index (χ0) is 17.7. The number of nitrogens with one attached hydrogen (secondary N) is 2. The Bertz CT molecular complexity index is 726. The fraction of sp³-hybridized carbons (Fsp3) is 0.294. The maximum atomic E-state index is 11.9. The van der Waals surface area contributed by atoms with Crippen LogP contribution in [0.3, 0.4) is 0 Å². The molecule has 2 rings (SSSR count). The van der Waals surface area contributed by atoms with Gasteiger partial charge >= 0.3 is 11.8 Å². The van der Waals surface area contributed by atoms with Crippen LogP contribution in [0.4, 0.5) is 5.69 Å². The molecular formula is C17H19ClN2O4. The molecule has 0 fully saturated rings. The van der Waals surface area contributed by atoms with Crippen molar-refractivity contribution in [3.63, 3.8) is 0 Å². The molecule has 0 aliphatic heterocycles. The zero-order valence-corrected chi connectivity index (χ0v) is 14.2. The van der Waals surface area contributed by atoms with Crippen molar-refractivity contribution in [3.8, 4) is 0 Å². The van der Waals surface area contributed by atoms with E-state index in [9.17, 15) is 14.7 Å². The fourth-order valence-electron chi connectivity index (χ4n) is 2.11. The number of carbonyl (C=O) groups is 2. The number of benzene rings is 1. The van der Waals surface area contributed by atoms with E-state index in [1.165, 1.54) is 6.26 Å². The Kier molecular flexibility index (Phi) is 5.64. The van der Waals surface area contributed by atoms with Crippen LogP contribution in [0.1, 0.15) is 18.2 Å². The van der Waals surface area contributed by atoms with Crippen LogP contribution in [0.25, 0.3) is 0 Å². The number of anilines is 1. The number of hydrogen-bond donors (Lipinski definition) is 3. The summed E-state index contributed by atoms with van der Waals surface area (Å²) in [6.07, 6.45) is 1.72. The van der Waals surface area contributed by atoms with Crippen molar-refractivity contribution in [1.29, 1.82) is 0 Å². The molecule has 1 heterocycles. The van der Waals surface area contributed by atoms with E-state index in [-0.39, 0.29) is 13.0 Å². The van der Waals surface area contributed by atoms with E-state index in [1.54, 1.807) is 44.2 Å². The molecule has 0 aliphatic carbocycles. The summed E-state index contributed by atoms with van der Waals surface area (Å²) >= 11 is 5.87. The zero-order valence-electron chi connectivity index (χ0n) is 13.4. The van der Waals surface area contributed by atoms with Crippen LogP contribution in [0.5, 0.6) is 0 Å². The van der Waals surface area contributed by atoms with E-state index in [0.29, 0.717) is 16.5 Å². The molecule has 128 valence electrons. The smallest absolute Gasteiger partial charge is 0.313 e. The van der Waals surface area contributed by atoms with E-state index in [1.807, 2.05) is 0 Å². The van der Waals surface area contributed by atoms with Gasteiger partial charge in [0.1, 0.15) is 5.76 Å². The third-order valence-electron chi connectivity index (χ3n) is 3.42. The maximum Gasteiger partial charge on any atom is 0.313 e. The van der Waals surface area contributed by atoms with Gasteiger partial charge < -0.3 is 20.2 Å². The molecule has 1 atom stereocenters. The van der Waals surface area contributed by atoms with Gasteiger partial charge in [-0.05, 0) is 43.7 Å². The standard InChI is InChI=1S/C17H19ClN2O4/c1-11-5-6-12(18)8-14(11)20-16(22)15(21)19-10-17(2,23)9-13-4-3-7-24-13/h3-8,23H,9-10H2,1-2H3,(H,19,21)(H,20,22). The summed E-state index contributed by atoms with van der Waals surface area (Å²) in [6, 6.07) is 8.44. The Morgan fingerprint density at radius 2 is 2.04 bits per heavy atom. The Hall–Kier alpha value is -2.31. The van der Waals surface area contributed by atoms with Crippen molar-refractivity contribution in [1.82, 2.24) is 5.32 Å². The van der Waals surface area contributed by atoms with Gasteiger partial charge in [0, 0.05) is 23.7 Å². The highest BCUT2D eigenvalue weighted by Crippen LogP contribution is 2.20. The molecule has 1 aromatic carbocycles. The lowest BCUT2D eigenvalue weighted by atomic mass is 10.0. The number of carbonyl (C=O) groups excluding carboxylic acids is 2. The van der Waals surface area contributed by atoms with Gasteiger partial charge in [0.2, 0.25) is 0 Å². The van der Waals surface area contributed by atoms with Crippen LogP contribution in [0, 0.1) is 6.92 Å². The molecule has 24 heavy (non-hydrogen) atoms. The molecule has 0 aliphatic rings. The van der Waals surface area contributed by atoms with Gasteiger partial charge in [0.05, 0.1) is 11.9 Å². The van der Waals surface area contributed by atoms with E-state index < -0.39 is 17.4 Å². The molecule has 0 saturated carbocycles. The minimum absolute atomic E-state index is 0.0888. The molecular weight excluding hydrogens is 332 g/mol. The number of rotatable bonds is 5. The third-order valence-corrected chi connectivity index (χ3v) is 3.65. The van der Waals surface area contributed by atoms with Gasteiger partial charge in [0.25, 0.3) is 0 Å². The van der Waals surface area contributed by atoms with Crippen LogP contribution in [0.15, 0.2) is 41.0 Å². The van der Waals surface area contributed by atoms with E-state index in [2.05, 4.69) is 10.6 Å². The summed E-state index contributed by atoms with van der Waals surface area (Å²) in [5.41, 5.74) is 0.00936. The number of furan rings is 1. The first-order valence-electron chi connectivity index (χ1n) is 7.37. The molecule has 2 aromatic rings. The van der Waals surface area contributed by atoms with Gasteiger partial charge in [-0.2, -0.15) is 0 Å². The second-order valence-electron chi connectivity index (χ2n) is 5.85. The van der Waals surface area contributed by atoms with Gasteiger partial charge in [-0.1, -0.05) is 17.7 Å². The Labute approximate surface area is 144 Å². The predicted octanol–water partition coefficient (Wildman–Crippen LogP) is 2.29. The second-order valence-corrected chi connectivity index (χ2v) is 6.29. The Morgan fingerprint density at radius 3 is 2.71 bits per heavy atom. The van der Waals surface area contributed by atoms with Crippen LogP contribution < -0.4 is 10.6 Å². The van der Waals surface area contributed by atoms with E-state index in [4.69, 9.17) is 16.0 Å². The average Bonchev–Trinajstić information content (AvgIpc) is 3.00. The number of aryl methyl sites for hydroxylation is 1. The lowest BCUT2D eigenvalue weighted by Crippen LogP contribution is -2.45. The average molecular weight is 351 g/mol. The minimum atomic E-state index is -1.24. The van der Waals surface area contributed by atoms with Crippen molar-refractivity contribution in [2.45, 2.75) is 25.9 Å². The first-order valence-corrected chi connectivity index (χ1v) is 7.75. The maximum absolute atomic E-state index is 11.9. The first-order chi connectivity index (χ1) is 11.3. The van der Waals surface area contributed by atoms with Gasteiger partial charge in [0.15, 0.2) is 0 Å². The number of amides is 2. The minimum Gasteiger partial charge on any atom is -0.469 e. The van der Waals surface area contributed by atoms with Crippen LogP contribution >= 0.6 is 11.6 Å². The molecule has 1 aromatic heterocycles. The quantitative estimate of drug-likeness (QED) is 0.721. The highest BCUT2D eigenvalue weighted by Gasteiger charge is 2.25. The summed E-state index contributed by atoms with van der Waals surface area (Å²) in [4.78, 5) is 23.8. The van der Waals surface area contributed by atoms with E-state index >= 15 is 0 Å². The van der Waals surface area contributed by atoms with Gasteiger partial charge in [-0.15, -0.1) is 0 Å². The largest absolute Gasteiger partial charge is 0.469 e. The molecule has 3 N–H and O–H groups in total. The molecule has 1 unspecified atom stereocenters. The molecule has 2 amide bonds. The summed E-state index contributed by atoms with van der Waals surface area (Å²) in [5, 5.41) is 15.6. The molecule has 6 nitrogen and oxygen atoms in total. The van der Waals surface area contributed by atoms with Crippen molar-refractivity contribution in [2.75, 3.05) is 11.9 Å². The normalized spacial score (nSPS) is 13.2. The highest BCUT2D eigenvalue weighted by atomic mass is 35.5. The second kappa shape index (κ2) is 7.51. The summed E-state index contributed by atoms with van der Waals surface area (Å²) in [5.74, 6) is -1.07. The van der Waals surface area contributed by atoms with Crippen LogP contribution in [-0.4, -0.2) is 29.1 Å². The van der Waals surface area contributed by atoms with E-state index in [0.717, 1.165) is 5.56 Å². The third kappa shape index (κ3) is 5.11. The van der Waals surface area contributed by atoms with Gasteiger partial charge in [-0.3, -0.25) is 9.59 Å².